The minimum atomic E-state index is -0.403. The number of carbonyl (C=O) groups excluding carboxylic acids is 1. The molecule has 84 valence electrons. The number of pyridine rings is 1. The standard InChI is InChI=1S/C14H11NO2/c16-14(17-13-6-2-1-3-7-13)9-8-12-5-4-10-15-11-12/h1-11H. The minimum absolute atomic E-state index is 0.403. The van der Waals surface area contributed by atoms with Crippen LogP contribution in [0.4, 0.5) is 0 Å². The van der Waals surface area contributed by atoms with Crippen molar-refractivity contribution in [1.29, 1.82) is 0 Å². The third-order valence-electron chi connectivity index (χ3n) is 2.06. The van der Waals surface area contributed by atoms with E-state index in [9.17, 15) is 4.79 Å². The first-order valence-electron chi connectivity index (χ1n) is 5.19. The third kappa shape index (κ3) is 3.57. The highest BCUT2D eigenvalue weighted by molar-refractivity contribution is 5.88. The maximum atomic E-state index is 11.5. The number of carbonyl (C=O) groups is 1. The number of ether oxygens (including phenoxy) is 1. The van der Waals surface area contributed by atoms with E-state index < -0.39 is 5.97 Å². The molecule has 0 saturated heterocycles. The Morgan fingerprint density at radius 1 is 1.12 bits per heavy atom. The van der Waals surface area contributed by atoms with Gasteiger partial charge in [-0.25, -0.2) is 4.79 Å². The molecule has 0 unspecified atom stereocenters. The molecular weight excluding hydrogens is 214 g/mol. The van der Waals surface area contributed by atoms with E-state index in [0.29, 0.717) is 5.75 Å². The van der Waals surface area contributed by atoms with E-state index in [4.69, 9.17) is 4.74 Å². The molecule has 0 saturated carbocycles. The lowest BCUT2D eigenvalue weighted by molar-refractivity contribution is -0.128. The number of rotatable bonds is 3. The highest BCUT2D eigenvalue weighted by Crippen LogP contribution is 2.09. The maximum Gasteiger partial charge on any atom is 0.336 e. The Kier molecular flexibility index (Phi) is 3.65. The van der Waals surface area contributed by atoms with Gasteiger partial charge in [0.05, 0.1) is 0 Å². The fourth-order valence-corrected chi connectivity index (χ4v) is 1.28. The molecule has 0 aliphatic rings. The van der Waals surface area contributed by atoms with Gasteiger partial charge in [-0.1, -0.05) is 24.3 Å². The summed E-state index contributed by atoms with van der Waals surface area (Å²) in [5, 5.41) is 0. The quantitative estimate of drug-likeness (QED) is 0.458. The Labute approximate surface area is 99.4 Å². The van der Waals surface area contributed by atoms with Crippen LogP contribution in [0.5, 0.6) is 5.75 Å². The first kappa shape index (κ1) is 11.1. The molecule has 0 N–H and O–H groups in total. The van der Waals surface area contributed by atoms with Crippen LogP contribution in [0.15, 0.2) is 60.9 Å². The molecule has 0 amide bonds. The maximum absolute atomic E-state index is 11.5. The number of hydrogen-bond acceptors (Lipinski definition) is 3. The molecule has 1 aromatic heterocycles. The first-order valence-corrected chi connectivity index (χ1v) is 5.19. The highest BCUT2D eigenvalue weighted by atomic mass is 16.5. The van der Waals surface area contributed by atoms with Gasteiger partial charge in [-0.2, -0.15) is 0 Å². The van der Waals surface area contributed by atoms with Crippen LogP contribution in [0.1, 0.15) is 5.56 Å². The molecule has 2 aromatic rings. The summed E-state index contributed by atoms with van der Waals surface area (Å²) in [6.45, 7) is 0. The van der Waals surface area contributed by atoms with Crippen LogP contribution < -0.4 is 4.74 Å². The van der Waals surface area contributed by atoms with Crippen molar-refractivity contribution in [1.82, 2.24) is 4.98 Å². The monoisotopic (exact) mass is 225 g/mol. The van der Waals surface area contributed by atoms with Crippen LogP contribution in [0, 0.1) is 0 Å². The summed E-state index contributed by atoms with van der Waals surface area (Å²) in [6.07, 6.45) is 6.40. The lowest BCUT2D eigenvalue weighted by atomic mass is 10.2. The van der Waals surface area contributed by atoms with Crippen LogP contribution in [0.3, 0.4) is 0 Å². The Balaban J connectivity index is 1.96. The fraction of sp³-hybridized carbons (Fsp3) is 0. The number of nitrogens with zero attached hydrogens (tertiary/aromatic N) is 1. The molecule has 0 radical (unpaired) electrons. The molecule has 0 aliphatic heterocycles. The summed E-state index contributed by atoms with van der Waals surface area (Å²) >= 11 is 0. The second-order valence-electron chi connectivity index (χ2n) is 3.35. The van der Waals surface area contributed by atoms with Crippen molar-refractivity contribution >= 4 is 12.0 Å². The predicted octanol–water partition coefficient (Wildman–Crippen LogP) is 2.70. The lowest BCUT2D eigenvalue weighted by Crippen LogP contribution is -2.03. The molecule has 17 heavy (non-hydrogen) atoms. The second-order valence-corrected chi connectivity index (χ2v) is 3.35. The second kappa shape index (κ2) is 5.61. The van der Waals surface area contributed by atoms with Crippen molar-refractivity contribution in [2.75, 3.05) is 0 Å². The molecule has 0 atom stereocenters. The van der Waals surface area contributed by atoms with Crippen molar-refractivity contribution in [3.63, 3.8) is 0 Å². The van der Waals surface area contributed by atoms with Gasteiger partial charge in [-0.3, -0.25) is 4.98 Å². The van der Waals surface area contributed by atoms with E-state index in [0.717, 1.165) is 5.56 Å². The van der Waals surface area contributed by atoms with Gasteiger partial charge in [0, 0.05) is 18.5 Å². The zero-order valence-corrected chi connectivity index (χ0v) is 9.11. The van der Waals surface area contributed by atoms with Crippen molar-refractivity contribution in [3.8, 4) is 5.75 Å². The number of aromatic nitrogens is 1. The van der Waals surface area contributed by atoms with Crippen LogP contribution >= 0.6 is 0 Å². The van der Waals surface area contributed by atoms with Gasteiger partial charge in [0.25, 0.3) is 0 Å². The van der Waals surface area contributed by atoms with Gasteiger partial charge < -0.3 is 4.74 Å². The Morgan fingerprint density at radius 2 is 1.94 bits per heavy atom. The molecule has 1 heterocycles. The van der Waals surface area contributed by atoms with Crippen molar-refractivity contribution in [2.24, 2.45) is 0 Å². The Hall–Kier alpha value is -2.42. The fourth-order valence-electron chi connectivity index (χ4n) is 1.28. The summed E-state index contributed by atoms with van der Waals surface area (Å²) in [5.41, 5.74) is 0.859. The molecular formula is C14H11NO2. The van der Waals surface area contributed by atoms with Gasteiger partial charge in [0.15, 0.2) is 0 Å². The normalized spacial score (nSPS) is 10.4. The van der Waals surface area contributed by atoms with E-state index in [1.54, 1.807) is 30.6 Å². The number of hydrogen-bond donors (Lipinski definition) is 0. The summed E-state index contributed by atoms with van der Waals surface area (Å²) in [5.74, 6) is 0.133. The van der Waals surface area contributed by atoms with Gasteiger partial charge in [-0.15, -0.1) is 0 Å². The zero-order chi connectivity index (χ0) is 11.9. The van der Waals surface area contributed by atoms with E-state index in [1.165, 1.54) is 6.08 Å². The third-order valence-corrected chi connectivity index (χ3v) is 2.06. The number of para-hydroxylation sites is 1. The first-order chi connectivity index (χ1) is 8.34. The minimum Gasteiger partial charge on any atom is -0.423 e. The summed E-state index contributed by atoms with van der Waals surface area (Å²) in [6, 6.07) is 12.6. The largest absolute Gasteiger partial charge is 0.423 e. The van der Waals surface area contributed by atoms with Crippen molar-refractivity contribution in [2.45, 2.75) is 0 Å². The molecule has 0 fully saturated rings. The smallest absolute Gasteiger partial charge is 0.336 e. The highest BCUT2D eigenvalue weighted by Gasteiger charge is 1.98. The van der Waals surface area contributed by atoms with Crippen molar-refractivity contribution < 1.29 is 9.53 Å². The molecule has 0 aliphatic carbocycles. The summed E-state index contributed by atoms with van der Waals surface area (Å²) in [4.78, 5) is 15.4. The van der Waals surface area contributed by atoms with Crippen LogP contribution in [-0.4, -0.2) is 11.0 Å². The topological polar surface area (TPSA) is 39.2 Å². The molecule has 0 spiro atoms. The predicted molar refractivity (Wildman–Crippen MR) is 65.3 cm³/mol. The average Bonchev–Trinajstić information content (AvgIpc) is 2.39. The summed E-state index contributed by atoms with van der Waals surface area (Å²) < 4.78 is 5.09. The lowest BCUT2D eigenvalue weighted by Gasteiger charge is -1.99. The van der Waals surface area contributed by atoms with Crippen LogP contribution in [0.25, 0.3) is 6.08 Å². The molecule has 1 aromatic carbocycles. The Morgan fingerprint density at radius 3 is 2.65 bits per heavy atom. The van der Waals surface area contributed by atoms with E-state index in [2.05, 4.69) is 4.98 Å². The Bertz CT molecular complexity index is 506. The summed E-state index contributed by atoms with van der Waals surface area (Å²) in [7, 11) is 0. The van der Waals surface area contributed by atoms with Crippen molar-refractivity contribution in [3.05, 3.63) is 66.5 Å². The van der Waals surface area contributed by atoms with E-state index in [1.807, 2.05) is 30.3 Å². The number of benzene rings is 1. The van der Waals surface area contributed by atoms with Gasteiger partial charge in [0.2, 0.25) is 0 Å². The van der Waals surface area contributed by atoms with Crippen LogP contribution in [0.2, 0.25) is 0 Å². The van der Waals surface area contributed by atoms with Gasteiger partial charge >= 0.3 is 5.97 Å². The van der Waals surface area contributed by atoms with Gasteiger partial charge in [0.1, 0.15) is 5.75 Å². The van der Waals surface area contributed by atoms with Crippen LogP contribution in [-0.2, 0) is 4.79 Å². The number of esters is 1. The SMILES string of the molecule is O=C(C=Cc1cccnc1)Oc1ccccc1. The van der Waals surface area contributed by atoms with E-state index >= 15 is 0 Å². The molecule has 3 heteroatoms. The zero-order valence-electron chi connectivity index (χ0n) is 9.11. The van der Waals surface area contributed by atoms with Gasteiger partial charge in [-0.05, 0) is 29.8 Å². The molecule has 3 nitrogen and oxygen atoms in total. The van der Waals surface area contributed by atoms with E-state index in [-0.39, 0.29) is 0 Å². The molecule has 2 rings (SSSR count). The average molecular weight is 225 g/mol. The molecule has 0 bridgehead atoms.